The van der Waals surface area contributed by atoms with Gasteiger partial charge in [0.1, 0.15) is 30.3 Å². The van der Waals surface area contributed by atoms with Gasteiger partial charge in [-0.3, -0.25) is 0 Å². The highest BCUT2D eigenvalue weighted by Gasteiger charge is 2.22. The number of aryl methyl sites for hydroxylation is 1. The van der Waals surface area contributed by atoms with Gasteiger partial charge in [0.25, 0.3) is 0 Å². The van der Waals surface area contributed by atoms with E-state index in [1.165, 1.54) is 0 Å². The molecule has 0 saturated heterocycles. The second-order valence-corrected chi connectivity index (χ2v) is 7.90. The number of rotatable bonds is 6. The summed E-state index contributed by atoms with van der Waals surface area (Å²) in [6.45, 7) is 0.867. The van der Waals surface area contributed by atoms with Crippen molar-refractivity contribution in [3.05, 3.63) is 105 Å². The molecule has 0 unspecified atom stereocenters. The lowest BCUT2D eigenvalue weighted by molar-refractivity contribution is 0.291. The van der Waals surface area contributed by atoms with Crippen molar-refractivity contribution in [2.45, 2.75) is 38.9 Å². The fourth-order valence-corrected chi connectivity index (χ4v) is 4.19. The van der Waals surface area contributed by atoms with Gasteiger partial charge in [0, 0.05) is 17.7 Å². The number of hydrogen-bond donors (Lipinski definition) is 0. The summed E-state index contributed by atoms with van der Waals surface area (Å²) in [5.41, 5.74) is 4.30. The molecule has 3 aromatic carbocycles. The maximum absolute atomic E-state index is 12.6. The Balaban J connectivity index is 1.55. The molecule has 156 valence electrons. The molecule has 0 saturated carbocycles. The smallest absolute Gasteiger partial charge is 0.339 e. The Kier molecular flexibility index (Phi) is 5.44. The van der Waals surface area contributed by atoms with E-state index >= 15 is 0 Å². The van der Waals surface area contributed by atoms with Gasteiger partial charge in [-0.15, -0.1) is 0 Å². The number of benzene rings is 3. The molecule has 1 aliphatic rings. The van der Waals surface area contributed by atoms with Crippen LogP contribution in [-0.2, 0) is 26.1 Å². The predicted molar refractivity (Wildman–Crippen MR) is 121 cm³/mol. The Bertz CT molecular complexity index is 1240. The summed E-state index contributed by atoms with van der Waals surface area (Å²) in [5.74, 6) is 1.32. The van der Waals surface area contributed by atoms with Crippen LogP contribution >= 0.6 is 0 Å². The molecule has 0 atom stereocenters. The summed E-state index contributed by atoms with van der Waals surface area (Å²) >= 11 is 0. The van der Waals surface area contributed by atoms with Crippen molar-refractivity contribution in [2.24, 2.45) is 0 Å². The third-order valence-electron chi connectivity index (χ3n) is 5.74. The fraction of sp³-hybridized carbons (Fsp3) is 0.222. The average molecular weight is 412 g/mol. The summed E-state index contributed by atoms with van der Waals surface area (Å²) in [6.07, 6.45) is 3.71. The van der Waals surface area contributed by atoms with Crippen molar-refractivity contribution >= 4 is 11.0 Å². The summed E-state index contributed by atoms with van der Waals surface area (Å²) < 4.78 is 18.0. The molecule has 0 spiro atoms. The first-order chi connectivity index (χ1) is 15.3. The first-order valence-corrected chi connectivity index (χ1v) is 10.7. The van der Waals surface area contributed by atoms with E-state index in [0.717, 1.165) is 53.3 Å². The Morgan fingerprint density at radius 3 is 2.03 bits per heavy atom. The minimum atomic E-state index is -0.239. The van der Waals surface area contributed by atoms with E-state index in [0.29, 0.717) is 30.3 Å². The van der Waals surface area contributed by atoms with Crippen LogP contribution in [0.15, 0.2) is 82.0 Å². The van der Waals surface area contributed by atoms with Crippen LogP contribution in [0.2, 0.25) is 0 Å². The molecule has 0 amide bonds. The molecule has 1 heterocycles. The molecule has 1 aliphatic carbocycles. The van der Waals surface area contributed by atoms with E-state index in [2.05, 4.69) is 0 Å². The molecule has 0 radical (unpaired) electrons. The van der Waals surface area contributed by atoms with E-state index in [1.54, 1.807) is 0 Å². The van der Waals surface area contributed by atoms with Gasteiger partial charge in [0.15, 0.2) is 0 Å². The van der Waals surface area contributed by atoms with E-state index < -0.39 is 0 Å². The summed E-state index contributed by atoms with van der Waals surface area (Å²) in [5, 5.41) is 0.900. The highest BCUT2D eigenvalue weighted by Crippen LogP contribution is 2.37. The summed E-state index contributed by atoms with van der Waals surface area (Å²) in [4.78, 5) is 12.6. The molecule has 31 heavy (non-hydrogen) atoms. The van der Waals surface area contributed by atoms with Gasteiger partial charge in [-0.25, -0.2) is 4.79 Å². The minimum Gasteiger partial charge on any atom is -0.489 e. The van der Waals surface area contributed by atoms with Gasteiger partial charge < -0.3 is 13.9 Å². The largest absolute Gasteiger partial charge is 0.489 e. The lowest BCUT2D eigenvalue weighted by Crippen LogP contribution is -2.16. The summed E-state index contributed by atoms with van der Waals surface area (Å²) in [6, 6.07) is 23.8. The van der Waals surface area contributed by atoms with Crippen molar-refractivity contribution < 1.29 is 13.9 Å². The van der Waals surface area contributed by atoms with Gasteiger partial charge in [0.2, 0.25) is 0 Å². The normalized spacial score (nSPS) is 13.0. The number of fused-ring (bicyclic) bond motifs is 3. The average Bonchev–Trinajstić information content (AvgIpc) is 2.82. The zero-order valence-corrected chi connectivity index (χ0v) is 17.3. The van der Waals surface area contributed by atoms with Gasteiger partial charge in [-0.1, -0.05) is 60.7 Å². The second-order valence-electron chi connectivity index (χ2n) is 7.90. The second kappa shape index (κ2) is 8.68. The molecule has 4 aromatic rings. The van der Waals surface area contributed by atoms with Crippen LogP contribution in [0.4, 0.5) is 0 Å². The van der Waals surface area contributed by atoms with Crippen molar-refractivity contribution in [2.75, 3.05) is 0 Å². The van der Waals surface area contributed by atoms with E-state index in [4.69, 9.17) is 13.9 Å². The fourth-order valence-electron chi connectivity index (χ4n) is 4.19. The van der Waals surface area contributed by atoms with Crippen molar-refractivity contribution in [1.29, 1.82) is 0 Å². The third-order valence-corrected chi connectivity index (χ3v) is 5.74. The maximum Gasteiger partial charge on any atom is 0.339 e. The monoisotopic (exact) mass is 412 g/mol. The van der Waals surface area contributed by atoms with Gasteiger partial charge in [0.05, 0.1) is 5.39 Å². The molecule has 4 nitrogen and oxygen atoms in total. The maximum atomic E-state index is 12.6. The van der Waals surface area contributed by atoms with Crippen molar-refractivity contribution in [3.63, 3.8) is 0 Å². The van der Waals surface area contributed by atoms with Crippen LogP contribution in [-0.4, -0.2) is 0 Å². The molecule has 4 heteroatoms. The van der Waals surface area contributed by atoms with Crippen LogP contribution in [0.5, 0.6) is 11.5 Å². The molecule has 1 aromatic heterocycles. The molecule has 0 N–H and O–H groups in total. The lowest BCUT2D eigenvalue weighted by Gasteiger charge is -2.19. The quantitative estimate of drug-likeness (QED) is 0.374. The zero-order valence-electron chi connectivity index (χ0n) is 17.3. The highest BCUT2D eigenvalue weighted by atomic mass is 16.5. The molecule has 0 bridgehead atoms. The number of ether oxygens (including phenoxy) is 2. The Hall–Kier alpha value is -3.53. The molecule has 0 aliphatic heterocycles. The predicted octanol–water partition coefficient (Wildman–Crippen LogP) is 5.83. The van der Waals surface area contributed by atoms with Crippen molar-refractivity contribution in [1.82, 2.24) is 0 Å². The van der Waals surface area contributed by atoms with E-state index in [1.807, 2.05) is 72.8 Å². The molecule has 0 fully saturated rings. The van der Waals surface area contributed by atoms with Crippen LogP contribution in [0, 0.1) is 0 Å². The standard InChI is InChI=1S/C27H24O4/c28-27-23-14-8-7-13-22(23)26-24(30-18-20-11-5-2-6-12-20)15-21(16-25(26)31-27)29-17-19-9-3-1-4-10-19/h1-6,9-12,15-16H,7-8,13-14,17-18H2. The van der Waals surface area contributed by atoms with Crippen LogP contribution in [0.3, 0.4) is 0 Å². The van der Waals surface area contributed by atoms with Gasteiger partial charge in [-0.2, -0.15) is 0 Å². The molecular weight excluding hydrogens is 388 g/mol. The Labute approximate surface area is 181 Å². The van der Waals surface area contributed by atoms with Gasteiger partial charge >= 0.3 is 5.63 Å². The third kappa shape index (κ3) is 4.19. The zero-order chi connectivity index (χ0) is 21.0. The molecule has 5 rings (SSSR count). The minimum absolute atomic E-state index is 0.239. The van der Waals surface area contributed by atoms with Crippen LogP contribution in [0.1, 0.15) is 35.1 Å². The first-order valence-electron chi connectivity index (χ1n) is 10.7. The first kappa shape index (κ1) is 19.4. The number of hydrogen-bond acceptors (Lipinski definition) is 4. The van der Waals surface area contributed by atoms with Crippen molar-refractivity contribution in [3.8, 4) is 11.5 Å². The highest BCUT2D eigenvalue weighted by molar-refractivity contribution is 5.89. The lowest BCUT2D eigenvalue weighted by atomic mass is 9.90. The Morgan fingerprint density at radius 1 is 0.742 bits per heavy atom. The topological polar surface area (TPSA) is 48.7 Å². The molecular formula is C27H24O4. The van der Waals surface area contributed by atoms with E-state index in [-0.39, 0.29) is 5.63 Å². The van der Waals surface area contributed by atoms with Crippen LogP contribution < -0.4 is 15.1 Å². The summed E-state index contributed by atoms with van der Waals surface area (Å²) in [7, 11) is 0. The van der Waals surface area contributed by atoms with E-state index in [9.17, 15) is 4.79 Å². The SMILES string of the molecule is O=c1oc2cc(OCc3ccccc3)cc(OCc3ccccc3)c2c2c1CCCC2. The van der Waals surface area contributed by atoms with Crippen LogP contribution in [0.25, 0.3) is 11.0 Å². The van der Waals surface area contributed by atoms with Gasteiger partial charge in [-0.05, 0) is 42.4 Å². The Morgan fingerprint density at radius 2 is 1.35 bits per heavy atom.